The van der Waals surface area contributed by atoms with Gasteiger partial charge in [0.2, 0.25) is 0 Å². The summed E-state index contributed by atoms with van der Waals surface area (Å²) in [7, 11) is 0. The van der Waals surface area contributed by atoms with Gasteiger partial charge in [0.05, 0.1) is 0 Å². The Balaban J connectivity index is 2.13. The maximum Gasteiger partial charge on any atom is 0.136 e. The Morgan fingerprint density at radius 3 is 2.57 bits per heavy atom. The van der Waals surface area contributed by atoms with E-state index < -0.39 is 0 Å². The number of aryl methyl sites for hydroxylation is 2. The Morgan fingerprint density at radius 2 is 1.86 bits per heavy atom. The Bertz CT molecular complexity index is 613. The molecule has 5 heteroatoms. The van der Waals surface area contributed by atoms with Crippen LogP contribution in [-0.4, -0.2) is 16.5 Å². The van der Waals surface area contributed by atoms with Crippen LogP contribution in [0.15, 0.2) is 24.3 Å². The minimum Gasteiger partial charge on any atom is -0.370 e. The molecule has 0 aliphatic heterocycles. The maximum atomic E-state index is 6.14. The second-order valence-corrected chi connectivity index (χ2v) is 5.46. The molecule has 1 aromatic carbocycles. The number of unbranched alkanes of at least 4 members (excludes halogenated alkanes) is 1. The minimum absolute atomic E-state index is 0.734. The van der Waals surface area contributed by atoms with Gasteiger partial charge in [-0.1, -0.05) is 31.0 Å². The van der Waals surface area contributed by atoms with E-state index in [0.717, 1.165) is 53.1 Å². The Hall–Kier alpha value is -1.81. The third-order valence-corrected chi connectivity index (χ3v) is 3.53. The standard InChI is InChI=1S/C16H21ClN4/c1-4-5-8-18-15-10-16(20-12(3)19-15)21-13-7-6-11(2)14(17)9-13/h6-7,9-10H,4-5,8H2,1-3H3,(H2,18,19,20,21). The summed E-state index contributed by atoms with van der Waals surface area (Å²) in [5.41, 5.74) is 1.98. The quantitative estimate of drug-likeness (QED) is 0.759. The van der Waals surface area contributed by atoms with Crippen LogP contribution in [0.2, 0.25) is 5.02 Å². The molecule has 1 heterocycles. The molecule has 0 aliphatic carbocycles. The first kappa shape index (κ1) is 15.6. The number of hydrogen-bond donors (Lipinski definition) is 2. The van der Waals surface area contributed by atoms with Crippen LogP contribution in [0.3, 0.4) is 0 Å². The molecule has 0 spiro atoms. The van der Waals surface area contributed by atoms with Gasteiger partial charge in [-0.3, -0.25) is 0 Å². The number of halogens is 1. The van der Waals surface area contributed by atoms with Gasteiger partial charge in [-0.2, -0.15) is 0 Å². The fraction of sp³-hybridized carbons (Fsp3) is 0.375. The van der Waals surface area contributed by atoms with Gasteiger partial charge in [0.25, 0.3) is 0 Å². The number of anilines is 3. The lowest BCUT2D eigenvalue weighted by molar-refractivity contribution is 0.829. The van der Waals surface area contributed by atoms with Gasteiger partial charge in [0.15, 0.2) is 0 Å². The molecule has 0 atom stereocenters. The summed E-state index contributed by atoms with van der Waals surface area (Å²) in [5.74, 6) is 2.34. The first-order chi connectivity index (χ1) is 10.1. The molecule has 112 valence electrons. The van der Waals surface area contributed by atoms with Gasteiger partial charge in [-0.15, -0.1) is 0 Å². The van der Waals surface area contributed by atoms with E-state index in [2.05, 4.69) is 27.5 Å². The van der Waals surface area contributed by atoms with Crippen molar-refractivity contribution < 1.29 is 0 Å². The fourth-order valence-corrected chi connectivity index (χ4v) is 2.11. The molecule has 0 radical (unpaired) electrons. The topological polar surface area (TPSA) is 49.8 Å². The molecule has 4 nitrogen and oxygen atoms in total. The normalized spacial score (nSPS) is 10.5. The fourth-order valence-electron chi connectivity index (χ4n) is 1.93. The molecular weight excluding hydrogens is 284 g/mol. The molecule has 0 bridgehead atoms. The summed E-state index contributed by atoms with van der Waals surface area (Å²) in [6.07, 6.45) is 2.28. The average molecular weight is 305 g/mol. The van der Waals surface area contributed by atoms with Crippen LogP contribution < -0.4 is 10.6 Å². The molecule has 0 aliphatic rings. The predicted molar refractivity (Wildman–Crippen MR) is 89.6 cm³/mol. The first-order valence-corrected chi connectivity index (χ1v) is 7.59. The zero-order valence-electron chi connectivity index (χ0n) is 12.7. The average Bonchev–Trinajstić information content (AvgIpc) is 2.43. The van der Waals surface area contributed by atoms with Gasteiger partial charge in [-0.25, -0.2) is 9.97 Å². The van der Waals surface area contributed by atoms with Crippen LogP contribution >= 0.6 is 11.6 Å². The lowest BCUT2D eigenvalue weighted by atomic mass is 10.2. The molecule has 0 unspecified atom stereocenters. The van der Waals surface area contributed by atoms with Crippen LogP contribution in [-0.2, 0) is 0 Å². The Morgan fingerprint density at radius 1 is 1.10 bits per heavy atom. The van der Waals surface area contributed by atoms with E-state index in [1.807, 2.05) is 38.1 Å². The molecule has 0 amide bonds. The summed E-state index contributed by atoms with van der Waals surface area (Å²) in [4.78, 5) is 8.79. The highest BCUT2D eigenvalue weighted by atomic mass is 35.5. The van der Waals surface area contributed by atoms with Crippen molar-refractivity contribution in [3.63, 3.8) is 0 Å². The van der Waals surface area contributed by atoms with Crippen molar-refractivity contribution in [3.05, 3.63) is 40.7 Å². The van der Waals surface area contributed by atoms with Gasteiger partial charge in [-0.05, 0) is 38.0 Å². The monoisotopic (exact) mass is 304 g/mol. The Kier molecular flexibility index (Phi) is 5.39. The number of rotatable bonds is 6. The number of nitrogens with zero attached hydrogens (tertiary/aromatic N) is 2. The van der Waals surface area contributed by atoms with Crippen LogP contribution in [0, 0.1) is 13.8 Å². The van der Waals surface area contributed by atoms with Crippen molar-refractivity contribution in [1.82, 2.24) is 9.97 Å². The van der Waals surface area contributed by atoms with E-state index in [-0.39, 0.29) is 0 Å². The van der Waals surface area contributed by atoms with E-state index in [4.69, 9.17) is 11.6 Å². The summed E-state index contributed by atoms with van der Waals surface area (Å²) in [6, 6.07) is 7.79. The number of nitrogens with one attached hydrogen (secondary N) is 2. The second-order valence-electron chi connectivity index (χ2n) is 5.05. The summed E-state index contributed by atoms with van der Waals surface area (Å²) in [5, 5.41) is 7.33. The van der Waals surface area contributed by atoms with Crippen molar-refractivity contribution in [3.8, 4) is 0 Å². The van der Waals surface area contributed by atoms with E-state index in [1.165, 1.54) is 0 Å². The van der Waals surface area contributed by atoms with E-state index in [1.54, 1.807) is 0 Å². The third-order valence-electron chi connectivity index (χ3n) is 3.12. The second kappa shape index (κ2) is 7.27. The Labute approximate surface area is 131 Å². The van der Waals surface area contributed by atoms with Crippen molar-refractivity contribution in [2.75, 3.05) is 17.2 Å². The zero-order valence-corrected chi connectivity index (χ0v) is 13.5. The van der Waals surface area contributed by atoms with Crippen LogP contribution in [0.4, 0.5) is 17.3 Å². The largest absolute Gasteiger partial charge is 0.370 e. The molecule has 1 aromatic heterocycles. The zero-order chi connectivity index (χ0) is 15.2. The third kappa shape index (κ3) is 4.60. The van der Waals surface area contributed by atoms with Crippen LogP contribution in [0.1, 0.15) is 31.2 Å². The van der Waals surface area contributed by atoms with Crippen LogP contribution in [0.5, 0.6) is 0 Å². The van der Waals surface area contributed by atoms with Crippen LogP contribution in [0.25, 0.3) is 0 Å². The molecule has 0 saturated heterocycles. The summed E-state index contributed by atoms with van der Waals surface area (Å²) in [6.45, 7) is 6.96. The van der Waals surface area contributed by atoms with Gasteiger partial charge in [0, 0.05) is 23.3 Å². The SMILES string of the molecule is CCCCNc1cc(Nc2ccc(C)c(Cl)c2)nc(C)n1. The van der Waals surface area contributed by atoms with Crippen molar-refractivity contribution in [1.29, 1.82) is 0 Å². The molecule has 21 heavy (non-hydrogen) atoms. The lowest BCUT2D eigenvalue weighted by Crippen LogP contribution is -2.06. The van der Waals surface area contributed by atoms with Crippen molar-refractivity contribution in [2.24, 2.45) is 0 Å². The molecule has 2 rings (SSSR count). The first-order valence-electron chi connectivity index (χ1n) is 7.21. The molecule has 0 saturated carbocycles. The number of benzene rings is 1. The van der Waals surface area contributed by atoms with Gasteiger partial charge in [0.1, 0.15) is 17.5 Å². The predicted octanol–water partition coefficient (Wildman–Crippen LogP) is 4.70. The molecule has 2 aromatic rings. The smallest absolute Gasteiger partial charge is 0.136 e. The highest BCUT2D eigenvalue weighted by molar-refractivity contribution is 6.31. The molecule has 0 fully saturated rings. The minimum atomic E-state index is 0.734. The van der Waals surface area contributed by atoms with E-state index in [9.17, 15) is 0 Å². The van der Waals surface area contributed by atoms with E-state index in [0.29, 0.717) is 0 Å². The number of aromatic nitrogens is 2. The van der Waals surface area contributed by atoms with Crippen molar-refractivity contribution in [2.45, 2.75) is 33.6 Å². The maximum absolute atomic E-state index is 6.14. The van der Waals surface area contributed by atoms with Crippen molar-refractivity contribution >= 4 is 28.9 Å². The molecule has 2 N–H and O–H groups in total. The van der Waals surface area contributed by atoms with Gasteiger partial charge < -0.3 is 10.6 Å². The number of hydrogen-bond acceptors (Lipinski definition) is 4. The summed E-state index contributed by atoms with van der Waals surface area (Å²) >= 11 is 6.14. The highest BCUT2D eigenvalue weighted by Crippen LogP contribution is 2.23. The summed E-state index contributed by atoms with van der Waals surface area (Å²) < 4.78 is 0. The van der Waals surface area contributed by atoms with Gasteiger partial charge >= 0.3 is 0 Å². The lowest BCUT2D eigenvalue weighted by Gasteiger charge is -2.10. The molecular formula is C16H21ClN4. The van der Waals surface area contributed by atoms with E-state index >= 15 is 0 Å². The highest BCUT2D eigenvalue weighted by Gasteiger charge is 2.03.